The summed E-state index contributed by atoms with van der Waals surface area (Å²) in [5, 5.41) is 3.79. The molecular formula is C18H36N2. The van der Waals surface area contributed by atoms with Crippen LogP contribution in [0.1, 0.15) is 71.6 Å². The van der Waals surface area contributed by atoms with Crippen LogP contribution in [0, 0.1) is 11.8 Å². The fourth-order valence-corrected chi connectivity index (χ4v) is 4.29. The van der Waals surface area contributed by atoms with Crippen LogP contribution >= 0.6 is 0 Å². The molecule has 0 aromatic carbocycles. The molecule has 2 nitrogen and oxygen atoms in total. The number of nitrogens with one attached hydrogen (secondary N) is 1. The summed E-state index contributed by atoms with van der Waals surface area (Å²) in [6, 6.07) is 0.810. The fourth-order valence-electron chi connectivity index (χ4n) is 4.29. The number of hydrogen-bond donors (Lipinski definition) is 1. The van der Waals surface area contributed by atoms with Crippen LogP contribution in [-0.4, -0.2) is 37.1 Å². The van der Waals surface area contributed by atoms with Crippen LogP contribution in [0.3, 0.4) is 0 Å². The number of likely N-dealkylation sites (tertiary alicyclic amines) is 1. The van der Waals surface area contributed by atoms with E-state index in [-0.39, 0.29) is 0 Å². The molecule has 0 amide bonds. The van der Waals surface area contributed by atoms with Crippen molar-refractivity contribution in [3.63, 3.8) is 0 Å². The Balaban J connectivity index is 1.74. The molecule has 118 valence electrons. The average molecular weight is 280 g/mol. The monoisotopic (exact) mass is 280 g/mol. The van der Waals surface area contributed by atoms with E-state index in [1.165, 1.54) is 84.0 Å². The topological polar surface area (TPSA) is 15.3 Å². The Morgan fingerprint density at radius 1 is 0.950 bits per heavy atom. The smallest absolute Gasteiger partial charge is 0.0107 e. The molecule has 3 unspecified atom stereocenters. The van der Waals surface area contributed by atoms with E-state index in [2.05, 4.69) is 24.1 Å². The minimum Gasteiger partial charge on any atom is -0.314 e. The van der Waals surface area contributed by atoms with Gasteiger partial charge in [0.25, 0.3) is 0 Å². The summed E-state index contributed by atoms with van der Waals surface area (Å²) in [5.74, 6) is 1.94. The van der Waals surface area contributed by atoms with Gasteiger partial charge in [0.2, 0.25) is 0 Å². The summed E-state index contributed by atoms with van der Waals surface area (Å²) in [6.07, 6.45) is 12.8. The third-order valence-electron chi connectivity index (χ3n) is 5.45. The van der Waals surface area contributed by atoms with Gasteiger partial charge in [0.15, 0.2) is 0 Å². The minimum absolute atomic E-state index is 0.810. The third-order valence-corrected chi connectivity index (χ3v) is 5.45. The van der Waals surface area contributed by atoms with Crippen molar-refractivity contribution in [3.8, 4) is 0 Å². The van der Waals surface area contributed by atoms with E-state index in [1.807, 2.05) is 0 Å². The average Bonchev–Trinajstić information content (AvgIpc) is 2.77. The van der Waals surface area contributed by atoms with Crippen LogP contribution in [0.4, 0.5) is 0 Å². The molecule has 2 rings (SSSR count). The highest BCUT2D eigenvalue weighted by Crippen LogP contribution is 2.28. The zero-order valence-corrected chi connectivity index (χ0v) is 13.9. The summed E-state index contributed by atoms with van der Waals surface area (Å²) in [7, 11) is 0. The molecule has 0 aromatic rings. The van der Waals surface area contributed by atoms with E-state index in [0.29, 0.717) is 0 Å². The maximum atomic E-state index is 3.79. The Hall–Kier alpha value is -0.0800. The van der Waals surface area contributed by atoms with E-state index in [1.54, 1.807) is 0 Å². The Labute approximate surface area is 126 Å². The highest BCUT2D eigenvalue weighted by molar-refractivity contribution is 4.85. The van der Waals surface area contributed by atoms with Crippen LogP contribution < -0.4 is 5.32 Å². The Morgan fingerprint density at radius 3 is 2.65 bits per heavy atom. The predicted octanol–water partition coefficient (Wildman–Crippen LogP) is 4.06. The maximum Gasteiger partial charge on any atom is 0.0107 e. The van der Waals surface area contributed by atoms with Crippen molar-refractivity contribution in [2.75, 3.05) is 26.2 Å². The van der Waals surface area contributed by atoms with E-state index >= 15 is 0 Å². The maximum absolute atomic E-state index is 3.79. The zero-order valence-electron chi connectivity index (χ0n) is 13.9. The van der Waals surface area contributed by atoms with Crippen LogP contribution in [0.2, 0.25) is 0 Å². The molecule has 0 radical (unpaired) electrons. The first kappa shape index (κ1) is 16.3. The fraction of sp³-hybridized carbons (Fsp3) is 1.00. The normalized spacial score (nSPS) is 32.4. The van der Waals surface area contributed by atoms with Crippen LogP contribution in [0.25, 0.3) is 0 Å². The lowest BCUT2D eigenvalue weighted by Crippen LogP contribution is -2.40. The van der Waals surface area contributed by atoms with Gasteiger partial charge in [0.05, 0.1) is 0 Å². The predicted molar refractivity (Wildman–Crippen MR) is 88.1 cm³/mol. The van der Waals surface area contributed by atoms with Gasteiger partial charge in [-0.15, -0.1) is 0 Å². The van der Waals surface area contributed by atoms with Crippen LogP contribution in [0.15, 0.2) is 0 Å². The highest BCUT2D eigenvalue weighted by atomic mass is 15.1. The van der Waals surface area contributed by atoms with Gasteiger partial charge in [-0.3, -0.25) is 0 Å². The lowest BCUT2D eigenvalue weighted by molar-refractivity contribution is 0.217. The molecular weight excluding hydrogens is 244 g/mol. The summed E-state index contributed by atoms with van der Waals surface area (Å²) in [6.45, 7) is 9.91. The molecule has 1 N–H and O–H groups in total. The van der Waals surface area contributed by atoms with Crippen LogP contribution in [-0.2, 0) is 0 Å². The molecule has 3 atom stereocenters. The van der Waals surface area contributed by atoms with E-state index < -0.39 is 0 Å². The van der Waals surface area contributed by atoms with Crippen molar-refractivity contribution in [1.82, 2.24) is 10.2 Å². The van der Waals surface area contributed by atoms with Crippen molar-refractivity contribution in [3.05, 3.63) is 0 Å². The lowest BCUT2D eigenvalue weighted by atomic mass is 9.96. The van der Waals surface area contributed by atoms with Gasteiger partial charge in [0.1, 0.15) is 0 Å². The molecule has 1 saturated heterocycles. The SMILES string of the molecule is CCCNC1CCCC1CN1CCCC(CCC)CC1. The molecule has 1 heterocycles. The minimum atomic E-state index is 0.810. The Bertz CT molecular complexity index is 254. The quantitative estimate of drug-likeness (QED) is 0.756. The highest BCUT2D eigenvalue weighted by Gasteiger charge is 2.28. The van der Waals surface area contributed by atoms with Gasteiger partial charge in [-0.05, 0) is 70.0 Å². The third kappa shape index (κ3) is 5.04. The van der Waals surface area contributed by atoms with E-state index in [4.69, 9.17) is 0 Å². The molecule has 2 aliphatic rings. The van der Waals surface area contributed by atoms with Crippen LogP contribution in [0.5, 0.6) is 0 Å². The van der Waals surface area contributed by atoms with Gasteiger partial charge in [-0.2, -0.15) is 0 Å². The van der Waals surface area contributed by atoms with Crippen molar-refractivity contribution in [2.45, 2.75) is 77.7 Å². The molecule has 2 heteroatoms. The van der Waals surface area contributed by atoms with Gasteiger partial charge in [0, 0.05) is 12.6 Å². The van der Waals surface area contributed by atoms with Gasteiger partial charge in [-0.25, -0.2) is 0 Å². The molecule has 0 spiro atoms. The number of nitrogens with zero attached hydrogens (tertiary/aromatic N) is 1. The van der Waals surface area contributed by atoms with Crippen molar-refractivity contribution in [1.29, 1.82) is 0 Å². The first-order chi connectivity index (χ1) is 9.83. The second kappa shape index (κ2) is 9.04. The van der Waals surface area contributed by atoms with E-state index in [9.17, 15) is 0 Å². The molecule has 1 aliphatic carbocycles. The first-order valence-electron chi connectivity index (χ1n) is 9.29. The summed E-state index contributed by atoms with van der Waals surface area (Å²) < 4.78 is 0. The second-order valence-corrected chi connectivity index (χ2v) is 7.14. The Kier molecular flexibility index (Phi) is 7.37. The van der Waals surface area contributed by atoms with Crippen molar-refractivity contribution in [2.24, 2.45) is 11.8 Å². The summed E-state index contributed by atoms with van der Waals surface area (Å²) in [4.78, 5) is 2.78. The molecule has 1 saturated carbocycles. The van der Waals surface area contributed by atoms with Crippen molar-refractivity contribution < 1.29 is 0 Å². The first-order valence-corrected chi connectivity index (χ1v) is 9.29. The van der Waals surface area contributed by atoms with Gasteiger partial charge in [-0.1, -0.05) is 33.1 Å². The molecule has 0 aromatic heterocycles. The molecule has 20 heavy (non-hydrogen) atoms. The molecule has 1 aliphatic heterocycles. The largest absolute Gasteiger partial charge is 0.314 e. The molecule has 0 bridgehead atoms. The van der Waals surface area contributed by atoms with Gasteiger partial charge < -0.3 is 10.2 Å². The lowest BCUT2D eigenvalue weighted by Gasteiger charge is -2.28. The number of hydrogen-bond acceptors (Lipinski definition) is 2. The summed E-state index contributed by atoms with van der Waals surface area (Å²) in [5.41, 5.74) is 0. The summed E-state index contributed by atoms with van der Waals surface area (Å²) >= 11 is 0. The standard InChI is InChI=1S/C18H36N2/c1-3-7-16-8-6-13-20(14-11-16)15-17-9-5-10-18(17)19-12-4-2/h16-19H,3-15H2,1-2H3. The van der Waals surface area contributed by atoms with E-state index in [0.717, 1.165) is 17.9 Å². The second-order valence-electron chi connectivity index (χ2n) is 7.14. The zero-order chi connectivity index (χ0) is 14.2. The Morgan fingerprint density at radius 2 is 1.85 bits per heavy atom. The van der Waals surface area contributed by atoms with Crippen molar-refractivity contribution >= 4 is 0 Å². The molecule has 2 fully saturated rings. The number of rotatable bonds is 7. The van der Waals surface area contributed by atoms with Gasteiger partial charge >= 0.3 is 0 Å².